The van der Waals surface area contributed by atoms with E-state index in [9.17, 15) is 0 Å². The van der Waals surface area contributed by atoms with E-state index in [0.717, 1.165) is 0 Å². The average molecular weight is 399 g/mol. The van der Waals surface area contributed by atoms with Gasteiger partial charge in [0.25, 0.3) is 0 Å². The molecule has 0 aromatic heterocycles. The number of hydrogen-bond acceptors (Lipinski definition) is 0. The standard InChI is InChI=1S/C30H38/c1-6-17-29(18-7-2)25-14-12-11-13-23(25)27-28(29)24-16-15-22(10-5)21-26(24)30(27,19-8-3)20-9-4/h10-16,21H,5-9,17-20H2,1-4H3. The molecular formula is C30H38. The number of rotatable bonds is 9. The molecule has 0 aliphatic heterocycles. The molecule has 0 amide bonds. The number of hydrogen-bond donors (Lipinski definition) is 0. The normalized spacial score (nSPS) is 17.6. The van der Waals surface area contributed by atoms with Crippen molar-refractivity contribution < 1.29 is 0 Å². The summed E-state index contributed by atoms with van der Waals surface area (Å²) in [5, 5.41) is 0. The zero-order valence-corrected chi connectivity index (χ0v) is 19.5. The second-order valence-corrected chi connectivity index (χ2v) is 9.47. The first-order chi connectivity index (χ1) is 14.6. The molecule has 30 heavy (non-hydrogen) atoms. The summed E-state index contributed by atoms with van der Waals surface area (Å²) in [6.07, 6.45) is 11.8. The lowest BCUT2D eigenvalue weighted by Gasteiger charge is -2.36. The highest BCUT2D eigenvalue weighted by atomic mass is 14.6. The Morgan fingerprint density at radius 2 is 1.17 bits per heavy atom. The second kappa shape index (κ2) is 8.22. The van der Waals surface area contributed by atoms with Crippen LogP contribution in [0.25, 0.3) is 17.2 Å². The first-order valence-electron chi connectivity index (χ1n) is 12.3. The van der Waals surface area contributed by atoms with E-state index in [1.54, 1.807) is 27.8 Å². The van der Waals surface area contributed by atoms with E-state index in [0.29, 0.717) is 0 Å². The fourth-order valence-corrected chi connectivity index (χ4v) is 6.95. The molecule has 2 aliphatic carbocycles. The fraction of sp³-hybridized carbons (Fsp3) is 0.467. The van der Waals surface area contributed by atoms with E-state index < -0.39 is 0 Å². The average Bonchev–Trinajstić information content (AvgIpc) is 3.19. The van der Waals surface area contributed by atoms with Gasteiger partial charge in [-0.25, -0.2) is 0 Å². The Bertz CT molecular complexity index is 959. The highest BCUT2D eigenvalue weighted by Gasteiger charge is 2.55. The van der Waals surface area contributed by atoms with Crippen LogP contribution in [0.15, 0.2) is 49.0 Å². The predicted octanol–water partition coefficient (Wildman–Crippen LogP) is 8.94. The van der Waals surface area contributed by atoms with E-state index in [-0.39, 0.29) is 10.8 Å². The van der Waals surface area contributed by atoms with Gasteiger partial charge in [-0.15, -0.1) is 0 Å². The molecule has 0 saturated heterocycles. The van der Waals surface area contributed by atoms with Gasteiger partial charge in [-0.3, -0.25) is 0 Å². The minimum absolute atomic E-state index is 0.145. The lowest BCUT2D eigenvalue weighted by molar-refractivity contribution is 0.460. The summed E-state index contributed by atoms with van der Waals surface area (Å²) < 4.78 is 0. The van der Waals surface area contributed by atoms with Gasteiger partial charge in [-0.2, -0.15) is 0 Å². The molecule has 158 valence electrons. The van der Waals surface area contributed by atoms with E-state index >= 15 is 0 Å². The molecule has 0 heterocycles. The van der Waals surface area contributed by atoms with Crippen LogP contribution in [0.1, 0.15) is 107 Å². The highest BCUT2D eigenvalue weighted by molar-refractivity contribution is 6.10. The van der Waals surface area contributed by atoms with Gasteiger partial charge in [0.1, 0.15) is 0 Å². The van der Waals surface area contributed by atoms with Gasteiger partial charge in [0.05, 0.1) is 0 Å². The van der Waals surface area contributed by atoms with Crippen molar-refractivity contribution in [2.45, 2.75) is 89.9 Å². The van der Waals surface area contributed by atoms with Gasteiger partial charge >= 0.3 is 0 Å². The van der Waals surface area contributed by atoms with Crippen molar-refractivity contribution in [1.82, 2.24) is 0 Å². The number of allylic oxidation sites excluding steroid dienone is 2. The molecule has 0 radical (unpaired) electrons. The molecular weight excluding hydrogens is 360 g/mol. The molecule has 0 N–H and O–H groups in total. The third-order valence-corrected chi connectivity index (χ3v) is 7.69. The zero-order chi connectivity index (χ0) is 21.4. The van der Waals surface area contributed by atoms with Gasteiger partial charge in [0, 0.05) is 10.8 Å². The van der Waals surface area contributed by atoms with Crippen molar-refractivity contribution in [2.75, 3.05) is 0 Å². The second-order valence-electron chi connectivity index (χ2n) is 9.47. The maximum Gasteiger partial charge on any atom is 0.0218 e. The Morgan fingerprint density at radius 3 is 1.70 bits per heavy atom. The molecule has 0 spiro atoms. The fourth-order valence-electron chi connectivity index (χ4n) is 6.95. The molecule has 0 unspecified atom stereocenters. The molecule has 0 heteroatoms. The van der Waals surface area contributed by atoms with E-state index in [2.05, 4.69) is 76.7 Å². The maximum absolute atomic E-state index is 4.08. The first kappa shape index (κ1) is 21.2. The Morgan fingerprint density at radius 1 is 0.667 bits per heavy atom. The van der Waals surface area contributed by atoms with Crippen molar-refractivity contribution in [2.24, 2.45) is 0 Å². The summed E-state index contributed by atoms with van der Waals surface area (Å²) in [6.45, 7) is 13.5. The van der Waals surface area contributed by atoms with E-state index in [4.69, 9.17) is 0 Å². The van der Waals surface area contributed by atoms with Crippen molar-refractivity contribution in [3.63, 3.8) is 0 Å². The first-order valence-corrected chi connectivity index (χ1v) is 12.3. The molecule has 0 nitrogen and oxygen atoms in total. The Labute approximate surface area is 184 Å². The Hall–Kier alpha value is -2.08. The van der Waals surface area contributed by atoms with Crippen LogP contribution in [0.3, 0.4) is 0 Å². The Balaban J connectivity index is 2.11. The molecule has 0 saturated carbocycles. The van der Waals surface area contributed by atoms with Crippen molar-refractivity contribution in [3.05, 3.63) is 76.9 Å². The van der Waals surface area contributed by atoms with Crippen LogP contribution < -0.4 is 0 Å². The molecule has 2 aromatic carbocycles. The predicted molar refractivity (Wildman–Crippen MR) is 133 cm³/mol. The summed E-state index contributed by atoms with van der Waals surface area (Å²) in [5.74, 6) is 0. The van der Waals surface area contributed by atoms with Crippen molar-refractivity contribution in [1.29, 1.82) is 0 Å². The smallest absolute Gasteiger partial charge is 0.0218 e. The SMILES string of the molecule is C=Cc1ccc2c(c1)C(CCC)(CCC)C1=C2C(CCC)(CCC)c2ccccc21. The highest BCUT2D eigenvalue weighted by Crippen LogP contribution is 2.67. The monoisotopic (exact) mass is 398 g/mol. The van der Waals surface area contributed by atoms with Crippen LogP contribution in [-0.4, -0.2) is 0 Å². The summed E-state index contributed by atoms with van der Waals surface area (Å²) >= 11 is 0. The largest absolute Gasteiger partial charge is 0.0985 e. The summed E-state index contributed by atoms with van der Waals surface area (Å²) in [6, 6.07) is 16.6. The minimum Gasteiger partial charge on any atom is -0.0985 e. The molecule has 0 atom stereocenters. The summed E-state index contributed by atoms with van der Waals surface area (Å²) in [4.78, 5) is 0. The van der Waals surface area contributed by atoms with E-state index in [1.807, 2.05) is 6.08 Å². The van der Waals surface area contributed by atoms with Crippen molar-refractivity contribution in [3.8, 4) is 0 Å². The van der Waals surface area contributed by atoms with Crippen LogP contribution in [0.5, 0.6) is 0 Å². The lowest BCUT2D eigenvalue weighted by Crippen LogP contribution is -2.27. The number of benzene rings is 2. The van der Waals surface area contributed by atoms with Crippen LogP contribution in [0.2, 0.25) is 0 Å². The van der Waals surface area contributed by atoms with Gasteiger partial charge in [0.15, 0.2) is 0 Å². The van der Waals surface area contributed by atoms with Gasteiger partial charge in [-0.1, -0.05) is 108 Å². The third kappa shape index (κ3) is 2.79. The molecule has 0 bridgehead atoms. The quantitative estimate of drug-likeness (QED) is 0.395. The topological polar surface area (TPSA) is 0 Å². The van der Waals surface area contributed by atoms with Crippen LogP contribution in [0, 0.1) is 0 Å². The molecule has 4 rings (SSSR count). The minimum atomic E-state index is 0.145. The van der Waals surface area contributed by atoms with Crippen LogP contribution >= 0.6 is 0 Å². The van der Waals surface area contributed by atoms with Crippen molar-refractivity contribution >= 4 is 17.2 Å². The van der Waals surface area contributed by atoms with Gasteiger partial charge in [-0.05, 0) is 64.6 Å². The molecule has 0 fully saturated rings. The summed E-state index contributed by atoms with van der Waals surface area (Å²) in [7, 11) is 0. The van der Waals surface area contributed by atoms with E-state index in [1.165, 1.54) is 62.5 Å². The molecule has 2 aromatic rings. The molecule has 2 aliphatic rings. The van der Waals surface area contributed by atoms with Gasteiger partial charge in [0.2, 0.25) is 0 Å². The zero-order valence-electron chi connectivity index (χ0n) is 19.5. The third-order valence-electron chi connectivity index (χ3n) is 7.69. The summed E-state index contributed by atoms with van der Waals surface area (Å²) in [5.41, 5.74) is 11.2. The Kier molecular flexibility index (Phi) is 5.80. The lowest BCUT2D eigenvalue weighted by atomic mass is 9.67. The van der Waals surface area contributed by atoms with Crippen LogP contribution in [-0.2, 0) is 10.8 Å². The maximum atomic E-state index is 4.08. The number of fused-ring (bicyclic) bond motifs is 4. The van der Waals surface area contributed by atoms with Gasteiger partial charge < -0.3 is 0 Å². The van der Waals surface area contributed by atoms with Crippen LogP contribution in [0.4, 0.5) is 0 Å².